The third-order valence-electron chi connectivity index (χ3n) is 2.93. The van der Waals surface area contributed by atoms with Crippen LogP contribution in [0.2, 0.25) is 0 Å². The fourth-order valence-electron chi connectivity index (χ4n) is 1.95. The van der Waals surface area contributed by atoms with Crippen molar-refractivity contribution < 1.29 is 9.90 Å². The molecule has 1 rings (SSSR count). The molecule has 1 aliphatic carbocycles. The van der Waals surface area contributed by atoms with Gasteiger partial charge in [0, 0.05) is 6.54 Å². The molecule has 15 heavy (non-hydrogen) atoms. The SMILES string of the molecule is CCNCC(=O)NCC1(O)CCCCC1. The van der Waals surface area contributed by atoms with Crippen LogP contribution in [0, 0.1) is 0 Å². The summed E-state index contributed by atoms with van der Waals surface area (Å²) in [5, 5.41) is 15.8. The van der Waals surface area contributed by atoms with Gasteiger partial charge in [-0.25, -0.2) is 0 Å². The smallest absolute Gasteiger partial charge is 0.234 e. The van der Waals surface area contributed by atoms with E-state index in [0.29, 0.717) is 13.1 Å². The van der Waals surface area contributed by atoms with Gasteiger partial charge in [-0.2, -0.15) is 0 Å². The number of amides is 1. The lowest BCUT2D eigenvalue weighted by Crippen LogP contribution is -2.46. The fourth-order valence-corrected chi connectivity index (χ4v) is 1.95. The predicted molar refractivity (Wildman–Crippen MR) is 59.6 cm³/mol. The molecule has 4 heteroatoms. The van der Waals surface area contributed by atoms with E-state index in [1.165, 1.54) is 6.42 Å². The van der Waals surface area contributed by atoms with Crippen molar-refractivity contribution in [2.24, 2.45) is 0 Å². The van der Waals surface area contributed by atoms with Crippen LogP contribution < -0.4 is 10.6 Å². The Bertz CT molecular complexity index is 201. The van der Waals surface area contributed by atoms with E-state index in [0.717, 1.165) is 32.2 Å². The molecule has 1 fully saturated rings. The Balaban J connectivity index is 2.19. The molecule has 0 heterocycles. The summed E-state index contributed by atoms with van der Waals surface area (Å²) in [7, 11) is 0. The topological polar surface area (TPSA) is 61.4 Å². The highest BCUT2D eigenvalue weighted by Gasteiger charge is 2.29. The summed E-state index contributed by atoms with van der Waals surface area (Å²) in [6, 6.07) is 0. The Hall–Kier alpha value is -0.610. The zero-order valence-corrected chi connectivity index (χ0v) is 9.51. The standard InChI is InChI=1S/C11H22N2O2/c1-2-12-8-10(14)13-9-11(15)6-4-3-5-7-11/h12,15H,2-9H2,1H3,(H,13,14). The minimum Gasteiger partial charge on any atom is -0.388 e. The first-order valence-corrected chi connectivity index (χ1v) is 5.86. The first-order chi connectivity index (χ1) is 7.16. The van der Waals surface area contributed by atoms with Gasteiger partial charge in [-0.05, 0) is 19.4 Å². The van der Waals surface area contributed by atoms with E-state index in [1.54, 1.807) is 0 Å². The molecule has 0 aromatic rings. The van der Waals surface area contributed by atoms with E-state index in [2.05, 4.69) is 10.6 Å². The zero-order chi connectivity index (χ0) is 11.1. The minimum absolute atomic E-state index is 0.0316. The average Bonchev–Trinajstić information content (AvgIpc) is 2.25. The summed E-state index contributed by atoms with van der Waals surface area (Å²) in [6.45, 7) is 3.49. The third-order valence-corrected chi connectivity index (χ3v) is 2.93. The number of aliphatic hydroxyl groups is 1. The summed E-state index contributed by atoms with van der Waals surface area (Å²) < 4.78 is 0. The molecule has 4 nitrogen and oxygen atoms in total. The average molecular weight is 214 g/mol. The van der Waals surface area contributed by atoms with Gasteiger partial charge in [0.1, 0.15) is 0 Å². The molecule has 3 N–H and O–H groups in total. The van der Waals surface area contributed by atoms with Gasteiger partial charge < -0.3 is 15.7 Å². The Morgan fingerprint density at radius 2 is 2.00 bits per heavy atom. The van der Waals surface area contributed by atoms with Crippen LogP contribution in [0.5, 0.6) is 0 Å². The van der Waals surface area contributed by atoms with Gasteiger partial charge in [0.05, 0.1) is 12.1 Å². The normalized spacial score (nSPS) is 19.9. The van der Waals surface area contributed by atoms with Gasteiger partial charge in [-0.3, -0.25) is 4.79 Å². The van der Waals surface area contributed by atoms with Crippen LogP contribution in [0.1, 0.15) is 39.0 Å². The van der Waals surface area contributed by atoms with E-state index >= 15 is 0 Å². The Morgan fingerprint density at radius 1 is 1.33 bits per heavy atom. The Morgan fingerprint density at radius 3 is 2.60 bits per heavy atom. The number of carbonyl (C=O) groups is 1. The molecular weight excluding hydrogens is 192 g/mol. The van der Waals surface area contributed by atoms with E-state index in [4.69, 9.17) is 0 Å². The zero-order valence-electron chi connectivity index (χ0n) is 9.51. The molecule has 0 spiro atoms. The number of rotatable bonds is 5. The number of likely N-dealkylation sites (N-methyl/N-ethyl adjacent to an activating group) is 1. The van der Waals surface area contributed by atoms with Crippen LogP contribution in [0.4, 0.5) is 0 Å². The van der Waals surface area contributed by atoms with E-state index in [1.807, 2.05) is 6.92 Å². The lowest BCUT2D eigenvalue weighted by molar-refractivity contribution is -0.121. The molecule has 0 bridgehead atoms. The molecule has 0 aromatic heterocycles. The van der Waals surface area contributed by atoms with E-state index < -0.39 is 5.60 Å². The van der Waals surface area contributed by atoms with Crippen LogP contribution in [0.25, 0.3) is 0 Å². The lowest BCUT2D eigenvalue weighted by atomic mass is 9.85. The second kappa shape index (κ2) is 6.08. The van der Waals surface area contributed by atoms with Gasteiger partial charge in [-0.15, -0.1) is 0 Å². The van der Waals surface area contributed by atoms with Gasteiger partial charge in [0.15, 0.2) is 0 Å². The van der Waals surface area contributed by atoms with Crippen LogP contribution in [0.3, 0.4) is 0 Å². The second-order valence-corrected chi connectivity index (χ2v) is 4.34. The molecule has 1 amide bonds. The molecule has 1 aliphatic rings. The van der Waals surface area contributed by atoms with Crippen molar-refractivity contribution in [2.75, 3.05) is 19.6 Å². The maximum Gasteiger partial charge on any atom is 0.234 e. The minimum atomic E-state index is -0.653. The number of carbonyl (C=O) groups excluding carboxylic acids is 1. The summed E-state index contributed by atoms with van der Waals surface area (Å²) >= 11 is 0. The summed E-state index contributed by atoms with van der Waals surface area (Å²) in [4.78, 5) is 11.3. The summed E-state index contributed by atoms with van der Waals surface area (Å²) in [6.07, 6.45) is 4.97. The largest absolute Gasteiger partial charge is 0.388 e. The molecule has 0 aliphatic heterocycles. The molecule has 88 valence electrons. The quantitative estimate of drug-likeness (QED) is 0.621. The number of hydrogen-bond acceptors (Lipinski definition) is 3. The highest BCUT2D eigenvalue weighted by molar-refractivity contribution is 5.78. The fraction of sp³-hybridized carbons (Fsp3) is 0.909. The third kappa shape index (κ3) is 4.62. The van der Waals surface area contributed by atoms with Gasteiger partial charge in [-0.1, -0.05) is 26.2 Å². The van der Waals surface area contributed by atoms with Crippen molar-refractivity contribution in [2.45, 2.75) is 44.6 Å². The maximum atomic E-state index is 11.3. The molecule has 0 saturated heterocycles. The van der Waals surface area contributed by atoms with Crippen LogP contribution >= 0.6 is 0 Å². The van der Waals surface area contributed by atoms with Gasteiger partial charge >= 0.3 is 0 Å². The van der Waals surface area contributed by atoms with Crippen molar-refractivity contribution in [3.63, 3.8) is 0 Å². The highest BCUT2D eigenvalue weighted by Crippen LogP contribution is 2.27. The molecular formula is C11H22N2O2. The monoisotopic (exact) mass is 214 g/mol. The Labute approximate surface area is 91.4 Å². The first-order valence-electron chi connectivity index (χ1n) is 5.86. The van der Waals surface area contributed by atoms with Crippen molar-refractivity contribution >= 4 is 5.91 Å². The number of nitrogens with one attached hydrogen (secondary N) is 2. The van der Waals surface area contributed by atoms with Crippen LogP contribution in [-0.2, 0) is 4.79 Å². The lowest BCUT2D eigenvalue weighted by Gasteiger charge is -2.32. The van der Waals surface area contributed by atoms with Crippen molar-refractivity contribution in [1.82, 2.24) is 10.6 Å². The van der Waals surface area contributed by atoms with Crippen molar-refractivity contribution in [1.29, 1.82) is 0 Å². The molecule has 1 saturated carbocycles. The maximum absolute atomic E-state index is 11.3. The molecule has 0 radical (unpaired) electrons. The second-order valence-electron chi connectivity index (χ2n) is 4.34. The Kier molecular flexibility index (Phi) is 5.05. The van der Waals surface area contributed by atoms with E-state index in [-0.39, 0.29) is 5.91 Å². The van der Waals surface area contributed by atoms with E-state index in [9.17, 15) is 9.90 Å². The summed E-state index contributed by atoms with van der Waals surface area (Å²) in [5.74, 6) is -0.0316. The van der Waals surface area contributed by atoms with Gasteiger partial charge in [0.2, 0.25) is 5.91 Å². The van der Waals surface area contributed by atoms with Gasteiger partial charge in [0.25, 0.3) is 0 Å². The number of hydrogen-bond donors (Lipinski definition) is 3. The highest BCUT2D eigenvalue weighted by atomic mass is 16.3. The van der Waals surface area contributed by atoms with Crippen LogP contribution in [0.15, 0.2) is 0 Å². The van der Waals surface area contributed by atoms with Crippen molar-refractivity contribution in [3.8, 4) is 0 Å². The van der Waals surface area contributed by atoms with Crippen molar-refractivity contribution in [3.05, 3.63) is 0 Å². The van der Waals surface area contributed by atoms with Crippen LogP contribution in [-0.4, -0.2) is 36.2 Å². The first kappa shape index (κ1) is 12.5. The molecule has 0 unspecified atom stereocenters. The molecule has 0 aromatic carbocycles. The summed E-state index contributed by atoms with van der Waals surface area (Å²) in [5.41, 5.74) is -0.653. The predicted octanol–water partition coefficient (Wildman–Crippen LogP) is 0.407. The molecule has 0 atom stereocenters.